The summed E-state index contributed by atoms with van der Waals surface area (Å²) in [5.74, 6) is 0.328. The van der Waals surface area contributed by atoms with E-state index in [0.717, 1.165) is 57.3 Å². The number of likely N-dealkylation sites (tertiary alicyclic amines) is 1. The van der Waals surface area contributed by atoms with Gasteiger partial charge in [-0.1, -0.05) is 6.07 Å². The molecule has 180 valence electrons. The number of piperidine rings is 1. The van der Waals surface area contributed by atoms with Gasteiger partial charge < -0.3 is 11.6 Å². The van der Waals surface area contributed by atoms with E-state index in [4.69, 9.17) is 0 Å². The molecule has 0 spiro atoms. The molecule has 1 aromatic heterocycles. The quantitative estimate of drug-likeness (QED) is 0.543. The Labute approximate surface area is 225 Å². The van der Waals surface area contributed by atoms with Crippen molar-refractivity contribution in [3.63, 3.8) is 0 Å². The molecule has 0 radical (unpaired) electrons. The van der Waals surface area contributed by atoms with Gasteiger partial charge in [-0.05, 0) is 93.8 Å². The Kier molecular flexibility index (Phi) is 7.64. The number of carbonyl (C=O) groups excluding carboxylic acids is 1. The molecule has 1 aliphatic heterocycles. The average molecular weight is 497 g/mol. The molecule has 1 fully saturated rings. The van der Waals surface area contributed by atoms with Crippen molar-refractivity contribution < 1.29 is 44.2 Å². The van der Waals surface area contributed by atoms with Gasteiger partial charge >= 0.3 is 45.8 Å². The second-order valence-corrected chi connectivity index (χ2v) is 11.0. The summed E-state index contributed by atoms with van der Waals surface area (Å²) in [7, 11) is -0.374. The molecule has 9 nitrogen and oxygen atoms in total. The summed E-state index contributed by atoms with van der Waals surface area (Å²) < 4.78 is 32.1. The second kappa shape index (κ2) is 10.2. The van der Waals surface area contributed by atoms with Crippen LogP contribution in [0.5, 0.6) is 0 Å². The van der Waals surface area contributed by atoms with Crippen LogP contribution in [0.3, 0.4) is 0 Å². The fraction of sp³-hybridized carbons (Fsp3) is 0.565. The molecule has 2 N–H and O–H groups in total. The van der Waals surface area contributed by atoms with Gasteiger partial charge in [-0.3, -0.25) is 4.68 Å². The van der Waals surface area contributed by atoms with E-state index in [1.54, 1.807) is 24.0 Å². The molecular formula is C23H33N6NaO3S. The number of rotatable bonds is 5. The smallest absolute Gasteiger partial charge is 1.00 e. The molecule has 3 aliphatic rings. The van der Waals surface area contributed by atoms with Gasteiger partial charge in [-0.15, -0.1) is 0 Å². The van der Waals surface area contributed by atoms with Crippen molar-refractivity contribution in [1.29, 1.82) is 0 Å². The number of benzene rings is 1. The Morgan fingerprint density at radius 3 is 2.26 bits per heavy atom. The van der Waals surface area contributed by atoms with Crippen molar-refractivity contribution in [1.82, 2.24) is 19.4 Å². The third-order valence-corrected chi connectivity index (χ3v) is 8.58. The fourth-order valence-corrected chi connectivity index (χ4v) is 6.86. The van der Waals surface area contributed by atoms with Gasteiger partial charge in [0.05, 0.1) is 6.04 Å². The van der Waals surface area contributed by atoms with Crippen LogP contribution in [0.1, 0.15) is 49.4 Å². The Hall–Kier alpha value is -1.59. The van der Waals surface area contributed by atoms with Crippen LogP contribution < -0.4 is 43.9 Å². The molecule has 2 heterocycles. The molecule has 1 aromatic carbocycles. The summed E-state index contributed by atoms with van der Waals surface area (Å²) in [5.41, 5.74) is 5.74. The minimum Gasteiger partial charge on any atom is -1.00 e. The van der Waals surface area contributed by atoms with Crippen LogP contribution in [0.25, 0.3) is 0 Å². The molecule has 34 heavy (non-hydrogen) atoms. The summed E-state index contributed by atoms with van der Waals surface area (Å²) in [6.45, 7) is 1.58. The van der Waals surface area contributed by atoms with Crippen molar-refractivity contribution >= 4 is 27.7 Å². The van der Waals surface area contributed by atoms with E-state index in [0.29, 0.717) is 18.7 Å². The molecule has 0 unspecified atom stereocenters. The average Bonchev–Trinajstić information content (AvgIpc) is 3.50. The van der Waals surface area contributed by atoms with Crippen molar-refractivity contribution in [2.75, 3.05) is 29.8 Å². The van der Waals surface area contributed by atoms with Gasteiger partial charge in [-0.25, -0.2) is 13.8 Å². The molecular weight excluding hydrogens is 463 g/mol. The summed E-state index contributed by atoms with van der Waals surface area (Å²) in [6.07, 6.45) is 9.06. The largest absolute Gasteiger partial charge is 1.00 e. The number of hydrogen-bond donors (Lipinski definition) is 2. The van der Waals surface area contributed by atoms with E-state index in [1.165, 1.54) is 26.6 Å². The summed E-state index contributed by atoms with van der Waals surface area (Å²) in [4.78, 5) is 15.2. The predicted octanol–water partition coefficient (Wildman–Crippen LogP) is -0.519. The van der Waals surface area contributed by atoms with Crippen LogP contribution in [-0.4, -0.2) is 55.3 Å². The van der Waals surface area contributed by atoms with E-state index in [9.17, 15) is 13.2 Å². The van der Waals surface area contributed by atoms with Gasteiger partial charge in [0.1, 0.15) is 0 Å². The predicted molar refractivity (Wildman–Crippen MR) is 129 cm³/mol. The number of anilines is 2. The summed E-state index contributed by atoms with van der Waals surface area (Å²) in [6, 6.07) is 2.99. The minimum atomic E-state index is -4.15. The van der Waals surface area contributed by atoms with E-state index in [1.807, 2.05) is 7.05 Å². The number of nitrogens with one attached hydrogen (secondary N) is 2. The topological polar surface area (TPSA) is 99.6 Å². The molecule has 0 atom stereocenters. The monoisotopic (exact) mass is 496 g/mol. The first-order valence-corrected chi connectivity index (χ1v) is 13.2. The van der Waals surface area contributed by atoms with Gasteiger partial charge in [0.15, 0.2) is 5.82 Å². The first kappa shape index (κ1) is 25.5. The standard InChI is InChI=1S/C23H32N6O3S.Na.H/c1-27-12-9-18(10-13-27)29(21-11-14-28(2)25-21)33(31,32)26-23(30)24-22-19-7-3-5-16(19)15-17-6-4-8-20(17)22;;/h11,14-15,18H,3-10,12-13H2,1-2H3,(H2,24,26,30);;/q;+1;-1. The molecule has 1 saturated heterocycles. The zero-order valence-corrected chi connectivity index (χ0v) is 23.1. The molecule has 0 bridgehead atoms. The van der Waals surface area contributed by atoms with E-state index in [-0.39, 0.29) is 37.0 Å². The second-order valence-electron chi connectivity index (χ2n) is 9.47. The molecule has 5 rings (SSSR count). The van der Waals surface area contributed by atoms with E-state index < -0.39 is 16.2 Å². The number of carbonyl (C=O) groups is 1. The molecule has 2 aliphatic carbocycles. The summed E-state index contributed by atoms with van der Waals surface area (Å²) in [5, 5.41) is 7.27. The van der Waals surface area contributed by atoms with Crippen molar-refractivity contribution in [2.24, 2.45) is 7.05 Å². The number of urea groups is 1. The van der Waals surface area contributed by atoms with Gasteiger partial charge in [-0.2, -0.15) is 13.5 Å². The fourth-order valence-electron chi connectivity index (χ4n) is 5.53. The number of nitrogens with zero attached hydrogens (tertiary/aromatic N) is 4. The Balaban J connectivity index is 0.00000171. The van der Waals surface area contributed by atoms with Crippen LogP contribution in [0.4, 0.5) is 16.3 Å². The van der Waals surface area contributed by atoms with Crippen LogP contribution in [0, 0.1) is 0 Å². The van der Waals surface area contributed by atoms with Crippen LogP contribution in [-0.2, 0) is 42.9 Å². The number of amides is 2. The van der Waals surface area contributed by atoms with Crippen molar-refractivity contribution in [3.8, 4) is 0 Å². The number of fused-ring (bicyclic) bond motifs is 2. The Bertz CT molecular complexity index is 1150. The molecule has 0 saturated carbocycles. The number of hydrogen-bond acceptors (Lipinski definition) is 5. The SMILES string of the molecule is CN1CCC(N(c2ccn(C)n2)S(=O)(=O)NC(=O)Nc2c3c(cc4c2CCC4)CCC3)CC1.[H-].[Na+]. The normalized spacial score (nSPS) is 18.2. The first-order valence-electron chi connectivity index (χ1n) is 11.8. The van der Waals surface area contributed by atoms with E-state index in [2.05, 4.69) is 26.1 Å². The maximum atomic E-state index is 13.5. The van der Waals surface area contributed by atoms with Gasteiger partial charge in [0.2, 0.25) is 0 Å². The molecule has 2 aromatic rings. The Morgan fingerprint density at radius 2 is 1.71 bits per heavy atom. The first-order chi connectivity index (χ1) is 15.8. The third kappa shape index (κ3) is 5.02. The van der Waals surface area contributed by atoms with E-state index >= 15 is 0 Å². The number of aryl methyl sites for hydroxylation is 3. The zero-order valence-electron chi connectivity index (χ0n) is 21.3. The molecule has 2 amide bonds. The van der Waals surface area contributed by atoms with Gasteiger partial charge in [0, 0.05) is 25.0 Å². The maximum Gasteiger partial charge on any atom is 1.00 e. The van der Waals surface area contributed by atoms with Crippen LogP contribution >= 0.6 is 0 Å². The minimum absolute atomic E-state index is 0. The molecule has 11 heteroatoms. The van der Waals surface area contributed by atoms with Crippen molar-refractivity contribution in [3.05, 3.63) is 40.6 Å². The van der Waals surface area contributed by atoms with Crippen LogP contribution in [0.2, 0.25) is 0 Å². The number of aromatic nitrogens is 2. The summed E-state index contributed by atoms with van der Waals surface area (Å²) >= 11 is 0. The van der Waals surface area contributed by atoms with Gasteiger partial charge in [0.25, 0.3) is 0 Å². The van der Waals surface area contributed by atoms with Crippen LogP contribution in [0.15, 0.2) is 18.3 Å². The maximum absolute atomic E-state index is 13.5. The Morgan fingerprint density at radius 1 is 1.09 bits per heavy atom. The third-order valence-electron chi connectivity index (χ3n) is 7.14. The zero-order chi connectivity index (χ0) is 23.2. The van der Waals surface area contributed by atoms with Crippen molar-refractivity contribution in [2.45, 2.75) is 57.4 Å².